The second-order valence-electron chi connectivity index (χ2n) is 7.21. The van der Waals surface area contributed by atoms with Crippen molar-refractivity contribution in [3.63, 3.8) is 0 Å². The number of alkyl halides is 3. The molecule has 0 radical (unpaired) electrons. The maximum atomic E-state index is 12.2. The minimum absolute atomic E-state index is 0.0158. The first kappa shape index (κ1) is 19.1. The van der Waals surface area contributed by atoms with E-state index in [4.69, 9.17) is 0 Å². The van der Waals surface area contributed by atoms with Crippen molar-refractivity contribution in [2.24, 2.45) is 10.4 Å². The van der Waals surface area contributed by atoms with Crippen molar-refractivity contribution >= 4 is 5.96 Å². The molecule has 0 aromatic carbocycles. The molecule has 22 heavy (non-hydrogen) atoms. The highest BCUT2D eigenvalue weighted by Gasteiger charge is 2.53. The summed E-state index contributed by atoms with van der Waals surface area (Å²) >= 11 is 0. The van der Waals surface area contributed by atoms with Crippen LogP contribution in [0.15, 0.2) is 4.99 Å². The molecule has 0 saturated carbocycles. The van der Waals surface area contributed by atoms with Crippen LogP contribution in [0.2, 0.25) is 0 Å². The normalized spacial score (nSPS) is 21.0. The van der Waals surface area contributed by atoms with Crippen LogP contribution in [0.5, 0.6) is 0 Å². The topological polar surface area (TPSA) is 30.9 Å². The molecule has 1 fully saturated rings. The fraction of sp³-hybridized carbons (Fsp3) is 0.933. The number of hydrogen-bond acceptors (Lipinski definition) is 2. The fourth-order valence-electron chi connectivity index (χ4n) is 2.63. The van der Waals surface area contributed by atoms with E-state index in [9.17, 15) is 13.2 Å². The first-order valence-electron chi connectivity index (χ1n) is 7.64. The Hall–Kier alpha value is -0.980. The van der Waals surface area contributed by atoms with E-state index >= 15 is 0 Å². The quantitative estimate of drug-likeness (QED) is 0.479. The lowest BCUT2D eigenvalue weighted by Gasteiger charge is -2.62. The molecule has 130 valence electrons. The highest BCUT2D eigenvalue weighted by atomic mass is 19.4. The van der Waals surface area contributed by atoms with E-state index in [2.05, 4.69) is 42.9 Å². The van der Waals surface area contributed by atoms with Crippen LogP contribution in [0.1, 0.15) is 34.1 Å². The zero-order valence-corrected chi connectivity index (χ0v) is 14.5. The molecule has 0 bridgehead atoms. The lowest BCUT2D eigenvalue weighted by molar-refractivity contribution is -0.143. The number of nitrogens with one attached hydrogen (secondary N) is 1. The average Bonchev–Trinajstić information content (AvgIpc) is 2.35. The smallest absolute Gasteiger partial charge is 0.356 e. The summed E-state index contributed by atoms with van der Waals surface area (Å²) in [5, 5.41) is 3.25. The molecule has 1 rings (SSSR count). The zero-order valence-electron chi connectivity index (χ0n) is 14.5. The SMILES string of the molecule is CN=C(NCCCN(C)CC(F)(F)F)N1CC(C)(C)C1(C)C. The standard InChI is InChI=1S/C15H29F3N4/c1-13(2)10-22(14(13,3)4)12(19-5)20-8-7-9-21(6)11-15(16,17)18/h7-11H2,1-6H3,(H,19,20). The number of nitrogens with zero attached hydrogens (tertiary/aromatic N) is 3. The molecule has 0 atom stereocenters. The first-order chi connectivity index (χ1) is 9.90. The largest absolute Gasteiger partial charge is 0.401 e. The molecule has 0 amide bonds. The van der Waals surface area contributed by atoms with E-state index < -0.39 is 12.7 Å². The molecule has 1 saturated heterocycles. The number of guanidine groups is 1. The molecule has 7 heteroatoms. The van der Waals surface area contributed by atoms with Gasteiger partial charge in [0.05, 0.1) is 6.54 Å². The molecule has 1 N–H and O–H groups in total. The summed E-state index contributed by atoms with van der Waals surface area (Å²) in [7, 11) is 3.23. The van der Waals surface area contributed by atoms with Crippen LogP contribution in [0.4, 0.5) is 13.2 Å². The number of hydrogen-bond donors (Lipinski definition) is 1. The minimum atomic E-state index is -4.13. The van der Waals surface area contributed by atoms with Crippen LogP contribution in [0.3, 0.4) is 0 Å². The predicted octanol–water partition coefficient (Wildman–Crippen LogP) is 2.57. The number of aliphatic imine (C=N–C) groups is 1. The van der Waals surface area contributed by atoms with Gasteiger partial charge in [-0.25, -0.2) is 0 Å². The maximum absolute atomic E-state index is 12.2. The van der Waals surface area contributed by atoms with Crippen LogP contribution in [0, 0.1) is 5.41 Å². The van der Waals surface area contributed by atoms with Crippen molar-refractivity contribution in [3.05, 3.63) is 0 Å². The molecular weight excluding hydrogens is 293 g/mol. The Morgan fingerprint density at radius 2 is 1.86 bits per heavy atom. The molecular formula is C15H29F3N4. The van der Waals surface area contributed by atoms with Gasteiger partial charge in [-0.1, -0.05) is 13.8 Å². The van der Waals surface area contributed by atoms with Gasteiger partial charge in [0.2, 0.25) is 0 Å². The number of halogens is 3. The van der Waals surface area contributed by atoms with Gasteiger partial charge < -0.3 is 10.2 Å². The second kappa shape index (κ2) is 6.64. The predicted molar refractivity (Wildman–Crippen MR) is 84.1 cm³/mol. The summed E-state index contributed by atoms with van der Waals surface area (Å²) in [4.78, 5) is 7.79. The van der Waals surface area contributed by atoms with Crippen molar-refractivity contribution in [1.82, 2.24) is 15.1 Å². The Morgan fingerprint density at radius 1 is 1.27 bits per heavy atom. The lowest BCUT2D eigenvalue weighted by Crippen LogP contribution is -2.72. The zero-order chi connectivity index (χ0) is 17.2. The van der Waals surface area contributed by atoms with Crippen molar-refractivity contribution in [2.45, 2.75) is 45.8 Å². The second-order valence-corrected chi connectivity index (χ2v) is 7.21. The Morgan fingerprint density at radius 3 is 2.27 bits per heavy atom. The summed E-state index contributed by atoms with van der Waals surface area (Å²) in [6, 6.07) is 0. The van der Waals surface area contributed by atoms with Crippen molar-refractivity contribution in [3.8, 4) is 0 Å². The minimum Gasteiger partial charge on any atom is -0.356 e. The molecule has 4 nitrogen and oxygen atoms in total. The Balaban J connectivity index is 2.35. The summed E-state index contributed by atoms with van der Waals surface area (Å²) in [5.74, 6) is 0.822. The summed E-state index contributed by atoms with van der Waals surface area (Å²) in [5.41, 5.74) is 0.236. The van der Waals surface area contributed by atoms with Crippen molar-refractivity contribution in [2.75, 3.05) is 40.3 Å². The van der Waals surface area contributed by atoms with Gasteiger partial charge in [0.25, 0.3) is 0 Å². The maximum Gasteiger partial charge on any atom is 0.401 e. The first-order valence-corrected chi connectivity index (χ1v) is 7.64. The van der Waals surface area contributed by atoms with Crippen LogP contribution < -0.4 is 5.32 Å². The van der Waals surface area contributed by atoms with Gasteiger partial charge in [-0.3, -0.25) is 9.89 Å². The Bertz CT molecular complexity index is 402. The van der Waals surface area contributed by atoms with E-state index in [1.165, 1.54) is 11.9 Å². The highest BCUT2D eigenvalue weighted by molar-refractivity contribution is 5.81. The van der Waals surface area contributed by atoms with Crippen LogP contribution in [-0.4, -0.2) is 67.7 Å². The third-order valence-corrected chi connectivity index (χ3v) is 4.80. The molecule has 1 heterocycles. The van der Waals surface area contributed by atoms with Crippen molar-refractivity contribution < 1.29 is 13.2 Å². The summed E-state index contributed by atoms with van der Waals surface area (Å²) in [6.45, 7) is 9.88. The van der Waals surface area contributed by atoms with Gasteiger partial charge in [-0.05, 0) is 33.9 Å². The third-order valence-electron chi connectivity index (χ3n) is 4.80. The van der Waals surface area contributed by atoms with Gasteiger partial charge in [0, 0.05) is 31.1 Å². The van der Waals surface area contributed by atoms with E-state index in [-0.39, 0.29) is 11.0 Å². The van der Waals surface area contributed by atoms with Gasteiger partial charge in [0.1, 0.15) is 0 Å². The molecule has 1 aliphatic heterocycles. The molecule has 0 aliphatic carbocycles. The molecule has 0 aromatic heterocycles. The van der Waals surface area contributed by atoms with E-state index in [1.807, 2.05) is 0 Å². The highest BCUT2D eigenvalue weighted by Crippen LogP contribution is 2.46. The molecule has 0 spiro atoms. The fourth-order valence-corrected chi connectivity index (χ4v) is 2.63. The Kier molecular flexibility index (Phi) is 5.76. The van der Waals surface area contributed by atoms with Crippen LogP contribution in [0.25, 0.3) is 0 Å². The Labute approximate surface area is 131 Å². The summed E-state index contributed by atoms with van der Waals surface area (Å²) in [6.07, 6.45) is -3.49. The van der Waals surface area contributed by atoms with E-state index in [1.54, 1.807) is 7.05 Å². The van der Waals surface area contributed by atoms with E-state index in [0.29, 0.717) is 19.5 Å². The lowest BCUT2D eigenvalue weighted by atomic mass is 9.65. The molecule has 0 unspecified atom stereocenters. The van der Waals surface area contributed by atoms with Crippen molar-refractivity contribution in [1.29, 1.82) is 0 Å². The molecule has 0 aromatic rings. The third kappa shape index (κ3) is 4.51. The summed E-state index contributed by atoms with van der Waals surface area (Å²) < 4.78 is 36.7. The monoisotopic (exact) mass is 322 g/mol. The number of likely N-dealkylation sites (tertiary alicyclic amines) is 1. The number of rotatable bonds is 5. The van der Waals surface area contributed by atoms with Crippen LogP contribution in [-0.2, 0) is 0 Å². The van der Waals surface area contributed by atoms with Gasteiger partial charge in [-0.2, -0.15) is 13.2 Å². The van der Waals surface area contributed by atoms with E-state index in [0.717, 1.165) is 12.5 Å². The average molecular weight is 322 g/mol. The van der Waals surface area contributed by atoms with Gasteiger partial charge in [-0.15, -0.1) is 0 Å². The molecule has 1 aliphatic rings. The van der Waals surface area contributed by atoms with Gasteiger partial charge >= 0.3 is 6.18 Å². The van der Waals surface area contributed by atoms with Crippen LogP contribution >= 0.6 is 0 Å². The van der Waals surface area contributed by atoms with Gasteiger partial charge in [0.15, 0.2) is 5.96 Å².